The van der Waals surface area contributed by atoms with E-state index >= 15 is 0 Å². The van der Waals surface area contributed by atoms with Crippen molar-refractivity contribution in [3.63, 3.8) is 0 Å². The van der Waals surface area contributed by atoms with Gasteiger partial charge >= 0.3 is 0 Å². The predicted octanol–water partition coefficient (Wildman–Crippen LogP) is 0.903. The largest absolute Gasteiger partial charge is 0.475 e. The quantitative estimate of drug-likeness (QED) is 0.697. The normalized spacial score (nSPS) is 19.2. The lowest BCUT2D eigenvalue weighted by Gasteiger charge is -2.11. The molecule has 1 aromatic heterocycles. The summed E-state index contributed by atoms with van der Waals surface area (Å²) in [6.07, 6.45) is 0. The Morgan fingerprint density at radius 3 is 1.53 bits per heavy atom. The summed E-state index contributed by atoms with van der Waals surface area (Å²) in [5.74, 6) is 1.07. The summed E-state index contributed by atoms with van der Waals surface area (Å²) in [7, 11) is 0. The molecule has 2 heterocycles. The molecule has 0 radical (unpaired) electrons. The maximum Gasteiger partial charge on any atom is 0.216 e. The van der Waals surface area contributed by atoms with E-state index in [1.54, 1.807) is 12.1 Å². The molecule has 6 nitrogen and oxygen atoms in total. The number of ether oxygens (including phenoxy) is 5. The van der Waals surface area contributed by atoms with Crippen LogP contribution >= 0.6 is 0 Å². The van der Waals surface area contributed by atoms with Crippen LogP contribution < -0.4 is 9.47 Å². The van der Waals surface area contributed by atoms with Gasteiger partial charge in [0.1, 0.15) is 13.2 Å². The van der Waals surface area contributed by atoms with E-state index in [0.717, 1.165) is 0 Å². The number of hydrogen-bond acceptors (Lipinski definition) is 6. The van der Waals surface area contributed by atoms with Crippen molar-refractivity contribution < 1.29 is 23.7 Å². The molecule has 2 bridgehead atoms. The van der Waals surface area contributed by atoms with Crippen LogP contribution in [-0.4, -0.2) is 57.8 Å². The summed E-state index contributed by atoms with van der Waals surface area (Å²) in [5, 5.41) is 0. The highest BCUT2D eigenvalue weighted by atomic mass is 16.6. The maximum atomic E-state index is 5.46. The molecule has 0 saturated heterocycles. The molecule has 0 aromatic carbocycles. The highest BCUT2D eigenvalue weighted by Gasteiger charge is 2.01. The number of fused-ring (bicyclic) bond motifs is 2. The van der Waals surface area contributed by atoms with Gasteiger partial charge in [-0.15, -0.1) is 0 Å². The topological polar surface area (TPSA) is 59.0 Å². The first-order valence-electron chi connectivity index (χ1n) is 6.41. The average molecular weight is 269 g/mol. The first kappa shape index (κ1) is 14.0. The van der Waals surface area contributed by atoms with E-state index in [4.69, 9.17) is 23.7 Å². The van der Waals surface area contributed by atoms with Crippen LogP contribution in [0.4, 0.5) is 0 Å². The smallest absolute Gasteiger partial charge is 0.216 e. The molecule has 1 aliphatic heterocycles. The van der Waals surface area contributed by atoms with Crippen LogP contribution in [0.1, 0.15) is 0 Å². The number of nitrogens with zero attached hydrogens (tertiary/aromatic N) is 1. The minimum Gasteiger partial charge on any atom is -0.475 e. The zero-order chi connectivity index (χ0) is 13.2. The first-order valence-corrected chi connectivity index (χ1v) is 6.41. The molecule has 106 valence electrons. The Labute approximate surface area is 112 Å². The summed E-state index contributed by atoms with van der Waals surface area (Å²) in [6, 6.07) is 5.42. The van der Waals surface area contributed by atoms with Crippen LogP contribution in [0.3, 0.4) is 0 Å². The van der Waals surface area contributed by atoms with Gasteiger partial charge in [-0.2, -0.15) is 4.98 Å². The van der Waals surface area contributed by atoms with Gasteiger partial charge in [-0.05, 0) is 0 Å². The van der Waals surface area contributed by atoms with E-state index < -0.39 is 0 Å². The van der Waals surface area contributed by atoms with Crippen molar-refractivity contribution in [2.75, 3.05) is 52.9 Å². The van der Waals surface area contributed by atoms with Gasteiger partial charge in [0.05, 0.1) is 39.6 Å². The molecular weight excluding hydrogens is 250 g/mol. The molecule has 0 aliphatic carbocycles. The van der Waals surface area contributed by atoms with E-state index in [1.807, 2.05) is 6.07 Å². The molecule has 0 unspecified atom stereocenters. The van der Waals surface area contributed by atoms with E-state index in [9.17, 15) is 0 Å². The zero-order valence-electron chi connectivity index (χ0n) is 10.9. The van der Waals surface area contributed by atoms with Crippen molar-refractivity contribution >= 4 is 0 Å². The SMILES string of the molecule is c1cc2nc(c1)OCCOCCOCCOCCO2. The molecule has 1 aliphatic rings. The number of pyridine rings is 1. The van der Waals surface area contributed by atoms with Gasteiger partial charge in [0.25, 0.3) is 0 Å². The van der Waals surface area contributed by atoms with Crippen molar-refractivity contribution in [2.24, 2.45) is 0 Å². The van der Waals surface area contributed by atoms with Gasteiger partial charge in [0, 0.05) is 12.1 Å². The van der Waals surface area contributed by atoms with E-state index in [2.05, 4.69) is 4.98 Å². The second kappa shape index (κ2) is 8.68. The van der Waals surface area contributed by atoms with Crippen LogP contribution in [0.5, 0.6) is 11.8 Å². The molecule has 2 rings (SSSR count). The van der Waals surface area contributed by atoms with Crippen molar-refractivity contribution in [3.05, 3.63) is 18.2 Å². The minimum absolute atomic E-state index is 0.458. The maximum absolute atomic E-state index is 5.46. The van der Waals surface area contributed by atoms with Gasteiger partial charge in [0.2, 0.25) is 11.8 Å². The zero-order valence-corrected chi connectivity index (χ0v) is 10.9. The van der Waals surface area contributed by atoms with Gasteiger partial charge in [0.15, 0.2) is 0 Å². The first-order chi connectivity index (χ1) is 9.45. The fraction of sp³-hybridized carbons (Fsp3) is 0.615. The van der Waals surface area contributed by atoms with E-state index in [0.29, 0.717) is 64.6 Å². The van der Waals surface area contributed by atoms with Crippen LogP contribution in [-0.2, 0) is 14.2 Å². The molecular formula is C13H19NO5. The summed E-state index contributed by atoms with van der Waals surface area (Å²) < 4.78 is 27.0. The van der Waals surface area contributed by atoms with Gasteiger partial charge in [-0.25, -0.2) is 0 Å². The Morgan fingerprint density at radius 2 is 1.05 bits per heavy atom. The predicted molar refractivity (Wildman–Crippen MR) is 67.7 cm³/mol. The molecule has 0 saturated carbocycles. The monoisotopic (exact) mass is 269 g/mol. The third-order valence-corrected chi connectivity index (χ3v) is 2.40. The van der Waals surface area contributed by atoms with Crippen LogP contribution in [0.15, 0.2) is 18.2 Å². The Bertz CT molecular complexity index is 331. The average Bonchev–Trinajstić information content (AvgIpc) is 2.43. The fourth-order valence-corrected chi connectivity index (χ4v) is 1.51. The van der Waals surface area contributed by atoms with Crippen molar-refractivity contribution in [1.82, 2.24) is 4.98 Å². The highest BCUT2D eigenvalue weighted by molar-refractivity contribution is 5.19. The minimum atomic E-state index is 0.458. The number of rotatable bonds is 0. The van der Waals surface area contributed by atoms with E-state index in [-0.39, 0.29) is 0 Å². The molecule has 19 heavy (non-hydrogen) atoms. The molecule has 0 spiro atoms. The summed E-state index contributed by atoms with van der Waals surface area (Å²) in [4.78, 5) is 4.22. The van der Waals surface area contributed by atoms with Gasteiger partial charge < -0.3 is 23.7 Å². The molecule has 0 atom stereocenters. The van der Waals surface area contributed by atoms with Gasteiger partial charge in [-0.1, -0.05) is 6.07 Å². The van der Waals surface area contributed by atoms with Crippen LogP contribution in [0.2, 0.25) is 0 Å². The summed E-state index contributed by atoms with van der Waals surface area (Å²) in [5.41, 5.74) is 0. The lowest BCUT2D eigenvalue weighted by Crippen LogP contribution is -2.15. The standard InChI is InChI=1S/C13H19NO5/c1-2-12-14-13(3-1)19-11-9-17-7-5-15-4-6-16-8-10-18-12/h1-3H,4-11H2. The third-order valence-electron chi connectivity index (χ3n) is 2.40. The van der Waals surface area contributed by atoms with Crippen LogP contribution in [0.25, 0.3) is 0 Å². The van der Waals surface area contributed by atoms with Gasteiger partial charge in [-0.3, -0.25) is 0 Å². The lowest BCUT2D eigenvalue weighted by molar-refractivity contribution is 0.00350. The Balaban J connectivity index is 1.84. The molecule has 6 heteroatoms. The van der Waals surface area contributed by atoms with Crippen molar-refractivity contribution in [1.29, 1.82) is 0 Å². The fourth-order valence-electron chi connectivity index (χ4n) is 1.51. The van der Waals surface area contributed by atoms with Crippen molar-refractivity contribution in [3.8, 4) is 11.8 Å². The third kappa shape index (κ3) is 5.87. The van der Waals surface area contributed by atoms with Crippen LogP contribution in [0, 0.1) is 0 Å². The summed E-state index contributed by atoms with van der Waals surface area (Å²) >= 11 is 0. The lowest BCUT2D eigenvalue weighted by atomic mass is 10.5. The van der Waals surface area contributed by atoms with E-state index in [1.165, 1.54) is 0 Å². The summed E-state index contributed by atoms with van der Waals surface area (Å²) in [6.45, 7) is 4.17. The second-order valence-corrected chi connectivity index (χ2v) is 3.85. The Morgan fingerprint density at radius 1 is 0.632 bits per heavy atom. The number of aromatic nitrogens is 1. The molecule has 0 amide bonds. The second-order valence-electron chi connectivity index (χ2n) is 3.85. The molecule has 1 aromatic rings. The highest BCUT2D eigenvalue weighted by Crippen LogP contribution is 2.13. The van der Waals surface area contributed by atoms with Crippen molar-refractivity contribution in [2.45, 2.75) is 0 Å². The molecule has 0 N–H and O–H groups in total. The number of hydrogen-bond donors (Lipinski definition) is 0. The Kier molecular flexibility index (Phi) is 6.42. The molecule has 0 fully saturated rings. The Hall–Kier alpha value is -1.37.